The molecule has 0 unspecified atom stereocenters. The van der Waals surface area contributed by atoms with Gasteiger partial charge in [0.15, 0.2) is 0 Å². The zero-order chi connectivity index (χ0) is 18.0. The SMILES string of the molecule is COc1ccc(O[C@@H]2CC3=CCN(C(=O)OC(C)(C)C)C[C@@H]3C2)cc1. The van der Waals surface area contributed by atoms with E-state index in [-0.39, 0.29) is 12.2 Å². The molecule has 1 fully saturated rings. The van der Waals surface area contributed by atoms with E-state index in [0.29, 0.717) is 19.0 Å². The minimum atomic E-state index is -0.462. The Morgan fingerprint density at radius 3 is 2.48 bits per heavy atom. The van der Waals surface area contributed by atoms with Crippen molar-refractivity contribution in [1.29, 1.82) is 0 Å². The topological polar surface area (TPSA) is 48.0 Å². The molecule has 1 aliphatic heterocycles. The molecule has 1 heterocycles. The minimum Gasteiger partial charge on any atom is -0.497 e. The summed E-state index contributed by atoms with van der Waals surface area (Å²) in [6.45, 7) is 7.01. The van der Waals surface area contributed by atoms with Crippen molar-refractivity contribution >= 4 is 6.09 Å². The van der Waals surface area contributed by atoms with Crippen LogP contribution < -0.4 is 9.47 Å². The number of benzene rings is 1. The molecule has 2 atom stereocenters. The van der Waals surface area contributed by atoms with Crippen molar-refractivity contribution < 1.29 is 19.0 Å². The van der Waals surface area contributed by atoms with Gasteiger partial charge in [-0.1, -0.05) is 11.6 Å². The molecule has 0 spiro atoms. The molecule has 1 amide bonds. The molecule has 0 radical (unpaired) electrons. The Morgan fingerprint density at radius 1 is 1.16 bits per heavy atom. The number of ether oxygens (including phenoxy) is 3. The molecule has 0 N–H and O–H groups in total. The second kappa shape index (κ2) is 6.98. The first-order chi connectivity index (χ1) is 11.8. The monoisotopic (exact) mass is 345 g/mol. The second-order valence-corrected chi connectivity index (χ2v) is 7.72. The van der Waals surface area contributed by atoms with Crippen molar-refractivity contribution in [2.24, 2.45) is 5.92 Å². The summed E-state index contributed by atoms with van der Waals surface area (Å²) in [5.74, 6) is 2.04. The van der Waals surface area contributed by atoms with Gasteiger partial charge >= 0.3 is 6.09 Å². The number of fused-ring (bicyclic) bond motifs is 1. The lowest BCUT2D eigenvalue weighted by Crippen LogP contribution is -2.41. The Labute approximate surface area is 149 Å². The van der Waals surface area contributed by atoms with Gasteiger partial charge in [0, 0.05) is 25.4 Å². The summed E-state index contributed by atoms with van der Waals surface area (Å²) in [4.78, 5) is 14.1. The predicted octanol–water partition coefficient (Wildman–Crippen LogP) is 4.03. The van der Waals surface area contributed by atoms with Gasteiger partial charge in [0.2, 0.25) is 0 Å². The van der Waals surface area contributed by atoms with Crippen LogP contribution >= 0.6 is 0 Å². The first-order valence-corrected chi connectivity index (χ1v) is 8.81. The normalized spacial score (nSPS) is 22.9. The van der Waals surface area contributed by atoms with Crippen molar-refractivity contribution in [2.45, 2.75) is 45.3 Å². The molecule has 0 saturated heterocycles. The third kappa shape index (κ3) is 4.47. The van der Waals surface area contributed by atoms with Gasteiger partial charge in [-0.15, -0.1) is 0 Å². The van der Waals surface area contributed by atoms with E-state index in [9.17, 15) is 4.79 Å². The summed E-state index contributed by atoms with van der Waals surface area (Å²) in [7, 11) is 1.65. The van der Waals surface area contributed by atoms with Gasteiger partial charge < -0.3 is 19.1 Å². The van der Waals surface area contributed by atoms with E-state index in [4.69, 9.17) is 14.2 Å². The molecule has 2 aliphatic rings. The lowest BCUT2D eigenvalue weighted by Gasteiger charge is -2.31. The highest BCUT2D eigenvalue weighted by Crippen LogP contribution is 2.37. The van der Waals surface area contributed by atoms with E-state index in [0.717, 1.165) is 24.3 Å². The van der Waals surface area contributed by atoms with Crippen LogP contribution in [0.1, 0.15) is 33.6 Å². The maximum Gasteiger partial charge on any atom is 0.410 e. The molecule has 1 aromatic carbocycles. The molecule has 0 bridgehead atoms. The first-order valence-electron chi connectivity index (χ1n) is 8.81. The fourth-order valence-electron chi connectivity index (χ4n) is 3.40. The Morgan fingerprint density at radius 2 is 1.84 bits per heavy atom. The van der Waals surface area contributed by atoms with E-state index in [2.05, 4.69) is 6.08 Å². The molecule has 25 heavy (non-hydrogen) atoms. The van der Waals surface area contributed by atoms with Crippen LogP contribution in [0.2, 0.25) is 0 Å². The van der Waals surface area contributed by atoms with Gasteiger partial charge in [-0.05, 0) is 51.5 Å². The summed E-state index contributed by atoms with van der Waals surface area (Å²) >= 11 is 0. The molecule has 1 aromatic rings. The van der Waals surface area contributed by atoms with Crippen LogP contribution in [0.4, 0.5) is 4.79 Å². The zero-order valence-electron chi connectivity index (χ0n) is 15.5. The van der Waals surface area contributed by atoms with Gasteiger partial charge in [-0.25, -0.2) is 4.79 Å². The summed E-state index contributed by atoms with van der Waals surface area (Å²) in [5, 5.41) is 0. The molecule has 3 rings (SSSR count). The lowest BCUT2D eigenvalue weighted by molar-refractivity contribution is 0.0238. The molecular formula is C20H27NO4. The van der Waals surface area contributed by atoms with E-state index in [1.165, 1.54) is 5.57 Å². The van der Waals surface area contributed by atoms with Crippen LogP contribution in [-0.2, 0) is 4.74 Å². The fourth-order valence-corrected chi connectivity index (χ4v) is 3.40. The number of carbonyl (C=O) groups is 1. The Kier molecular flexibility index (Phi) is 4.93. The van der Waals surface area contributed by atoms with Crippen molar-refractivity contribution in [2.75, 3.05) is 20.2 Å². The highest BCUT2D eigenvalue weighted by molar-refractivity contribution is 5.68. The fraction of sp³-hybridized carbons (Fsp3) is 0.550. The van der Waals surface area contributed by atoms with Gasteiger partial charge in [0.25, 0.3) is 0 Å². The van der Waals surface area contributed by atoms with E-state index < -0.39 is 5.60 Å². The quantitative estimate of drug-likeness (QED) is 0.776. The number of hydrogen-bond donors (Lipinski definition) is 0. The molecule has 1 aliphatic carbocycles. The predicted molar refractivity (Wildman–Crippen MR) is 96.0 cm³/mol. The number of methoxy groups -OCH3 is 1. The van der Waals surface area contributed by atoms with Crippen LogP contribution in [0.3, 0.4) is 0 Å². The Hall–Kier alpha value is -2.17. The average molecular weight is 345 g/mol. The zero-order valence-corrected chi connectivity index (χ0v) is 15.5. The lowest BCUT2D eigenvalue weighted by atomic mass is 9.99. The van der Waals surface area contributed by atoms with E-state index in [1.807, 2.05) is 45.0 Å². The minimum absolute atomic E-state index is 0.156. The van der Waals surface area contributed by atoms with Crippen LogP contribution in [0.25, 0.3) is 0 Å². The first kappa shape index (κ1) is 17.6. The van der Waals surface area contributed by atoms with Crippen molar-refractivity contribution in [3.05, 3.63) is 35.9 Å². The smallest absolute Gasteiger partial charge is 0.410 e. The van der Waals surface area contributed by atoms with Gasteiger partial charge in [-0.2, -0.15) is 0 Å². The van der Waals surface area contributed by atoms with Crippen molar-refractivity contribution in [3.8, 4) is 11.5 Å². The number of amides is 1. The molecule has 0 aromatic heterocycles. The number of rotatable bonds is 3. The third-order valence-corrected chi connectivity index (χ3v) is 4.56. The molecule has 136 valence electrons. The van der Waals surface area contributed by atoms with Gasteiger partial charge in [0.05, 0.1) is 7.11 Å². The molecular weight excluding hydrogens is 318 g/mol. The Balaban J connectivity index is 1.56. The van der Waals surface area contributed by atoms with Crippen LogP contribution in [0, 0.1) is 5.92 Å². The number of carbonyl (C=O) groups excluding carboxylic acids is 1. The largest absolute Gasteiger partial charge is 0.497 e. The highest BCUT2D eigenvalue weighted by atomic mass is 16.6. The number of hydrogen-bond acceptors (Lipinski definition) is 4. The molecule has 5 heteroatoms. The standard InChI is InChI=1S/C20H27NO4/c1-20(2,3)25-19(22)21-10-9-14-11-18(12-15(14)13-21)24-17-7-5-16(23-4)6-8-17/h5-9,15,18H,10-13H2,1-4H3/t15-,18+/m0/s1. The summed E-state index contributed by atoms with van der Waals surface area (Å²) < 4.78 is 16.8. The van der Waals surface area contributed by atoms with Crippen LogP contribution in [0.15, 0.2) is 35.9 Å². The highest BCUT2D eigenvalue weighted by Gasteiger charge is 2.36. The van der Waals surface area contributed by atoms with Crippen molar-refractivity contribution in [1.82, 2.24) is 4.90 Å². The summed E-state index contributed by atoms with van der Waals surface area (Å²) in [6.07, 6.45) is 3.94. The maximum absolute atomic E-state index is 12.3. The second-order valence-electron chi connectivity index (χ2n) is 7.72. The Bertz CT molecular complexity index is 645. The van der Waals surface area contributed by atoms with E-state index in [1.54, 1.807) is 12.0 Å². The summed E-state index contributed by atoms with van der Waals surface area (Å²) in [6, 6.07) is 7.67. The van der Waals surface area contributed by atoms with Crippen molar-refractivity contribution in [3.63, 3.8) is 0 Å². The van der Waals surface area contributed by atoms with Crippen LogP contribution in [-0.4, -0.2) is 42.9 Å². The number of nitrogens with zero attached hydrogens (tertiary/aromatic N) is 1. The maximum atomic E-state index is 12.3. The van der Waals surface area contributed by atoms with E-state index >= 15 is 0 Å². The van der Waals surface area contributed by atoms with Gasteiger partial charge in [0.1, 0.15) is 23.2 Å². The molecule has 5 nitrogen and oxygen atoms in total. The summed E-state index contributed by atoms with van der Waals surface area (Å²) in [5.41, 5.74) is 0.940. The average Bonchev–Trinajstić information content (AvgIpc) is 2.95. The van der Waals surface area contributed by atoms with Gasteiger partial charge in [-0.3, -0.25) is 0 Å². The molecule has 1 saturated carbocycles. The van der Waals surface area contributed by atoms with Crippen LogP contribution in [0.5, 0.6) is 11.5 Å². The third-order valence-electron chi connectivity index (χ3n) is 4.56.